The summed E-state index contributed by atoms with van der Waals surface area (Å²) in [6.07, 6.45) is 0. The van der Waals surface area contributed by atoms with E-state index in [1.54, 1.807) is 12.1 Å². The number of fused-ring (bicyclic) bond motifs is 1. The molecule has 0 radical (unpaired) electrons. The van der Waals surface area contributed by atoms with Crippen molar-refractivity contribution >= 4 is 17.6 Å². The Labute approximate surface area is 154 Å². The number of hydrogen-bond donors (Lipinski definition) is 2. The van der Waals surface area contributed by atoms with Crippen molar-refractivity contribution in [3.05, 3.63) is 65.2 Å². The first-order valence-corrected chi connectivity index (χ1v) is 8.80. The summed E-state index contributed by atoms with van der Waals surface area (Å²) >= 11 is 0. The number of hydrogen-bond acceptors (Lipinski definition) is 2. The van der Waals surface area contributed by atoms with E-state index in [4.69, 9.17) is 5.73 Å². The van der Waals surface area contributed by atoms with E-state index in [1.807, 2.05) is 35.2 Å². The summed E-state index contributed by atoms with van der Waals surface area (Å²) in [4.78, 5) is 25.8. The molecule has 1 unspecified atom stereocenters. The van der Waals surface area contributed by atoms with E-state index in [9.17, 15) is 9.59 Å². The predicted molar refractivity (Wildman–Crippen MR) is 103 cm³/mol. The van der Waals surface area contributed by atoms with Gasteiger partial charge in [-0.15, -0.1) is 0 Å². The second-order valence-corrected chi connectivity index (χ2v) is 7.81. The van der Waals surface area contributed by atoms with Gasteiger partial charge in [-0.05, 0) is 34.7 Å². The number of benzene rings is 2. The number of primary amides is 1. The van der Waals surface area contributed by atoms with Gasteiger partial charge in [0.05, 0.1) is 0 Å². The zero-order valence-corrected chi connectivity index (χ0v) is 15.5. The van der Waals surface area contributed by atoms with Gasteiger partial charge in [-0.2, -0.15) is 0 Å². The number of nitrogens with one attached hydrogen (secondary N) is 1. The van der Waals surface area contributed by atoms with E-state index in [0.29, 0.717) is 24.6 Å². The molecule has 3 amide bonds. The van der Waals surface area contributed by atoms with Crippen LogP contribution in [0.5, 0.6) is 0 Å². The van der Waals surface area contributed by atoms with Gasteiger partial charge in [0.2, 0.25) is 0 Å². The Morgan fingerprint density at radius 3 is 2.38 bits per heavy atom. The molecule has 1 atom stereocenters. The zero-order valence-electron chi connectivity index (χ0n) is 15.5. The van der Waals surface area contributed by atoms with E-state index in [2.05, 4.69) is 32.2 Å². The van der Waals surface area contributed by atoms with Gasteiger partial charge in [-0.3, -0.25) is 4.79 Å². The van der Waals surface area contributed by atoms with Crippen LogP contribution < -0.4 is 16.0 Å². The van der Waals surface area contributed by atoms with Crippen LogP contribution in [0.1, 0.15) is 48.2 Å². The number of rotatable bonds is 3. The number of urea groups is 1. The third-order valence-electron chi connectivity index (χ3n) is 4.93. The van der Waals surface area contributed by atoms with Crippen molar-refractivity contribution in [1.29, 1.82) is 0 Å². The quantitative estimate of drug-likeness (QED) is 0.886. The molecule has 0 saturated carbocycles. The fourth-order valence-corrected chi connectivity index (χ4v) is 3.45. The summed E-state index contributed by atoms with van der Waals surface area (Å²) in [6.45, 7) is 7.67. The van der Waals surface area contributed by atoms with Gasteiger partial charge in [0.15, 0.2) is 0 Å². The van der Waals surface area contributed by atoms with Crippen molar-refractivity contribution in [3.63, 3.8) is 0 Å². The van der Waals surface area contributed by atoms with Crippen molar-refractivity contribution in [2.45, 2.75) is 33.2 Å². The second-order valence-electron chi connectivity index (χ2n) is 7.81. The van der Waals surface area contributed by atoms with Crippen LogP contribution in [0.3, 0.4) is 0 Å². The highest BCUT2D eigenvalue weighted by molar-refractivity contribution is 6.07. The summed E-state index contributed by atoms with van der Waals surface area (Å²) in [7, 11) is 0. The molecule has 3 N–H and O–H groups in total. The van der Waals surface area contributed by atoms with Gasteiger partial charge in [0, 0.05) is 30.3 Å². The minimum Gasteiger partial charge on any atom is -0.352 e. The summed E-state index contributed by atoms with van der Waals surface area (Å²) in [5, 5.41) is 2.54. The van der Waals surface area contributed by atoms with Crippen LogP contribution in [0.2, 0.25) is 0 Å². The molecule has 136 valence electrons. The van der Waals surface area contributed by atoms with Crippen LogP contribution >= 0.6 is 0 Å². The van der Waals surface area contributed by atoms with Gasteiger partial charge in [-0.25, -0.2) is 4.79 Å². The van der Waals surface area contributed by atoms with Gasteiger partial charge in [0.1, 0.15) is 0 Å². The molecule has 1 aliphatic rings. The molecule has 0 bridgehead atoms. The number of amides is 3. The molecule has 2 aromatic carbocycles. The summed E-state index contributed by atoms with van der Waals surface area (Å²) in [6, 6.07) is 14.9. The highest BCUT2D eigenvalue weighted by Crippen LogP contribution is 2.45. The van der Waals surface area contributed by atoms with E-state index in [0.717, 1.165) is 11.3 Å². The lowest BCUT2D eigenvalue weighted by atomic mass is 9.78. The molecule has 3 rings (SSSR count). The Hall–Kier alpha value is -2.82. The molecule has 26 heavy (non-hydrogen) atoms. The maximum Gasteiger partial charge on any atom is 0.312 e. The highest BCUT2D eigenvalue weighted by Gasteiger charge is 2.38. The molecule has 1 heterocycles. The van der Waals surface area contributed by atoms with Crippen LogP contribution in [0.15, 0.2) is 48.5 Å². The lowest BCUT2D eigenvalue weighted by Gasteiger charge is -2.27. The molecule has 5 heteroatoms. The minimum atomic E-state index is -0.563. The maximum atomic E-state index is 13.1. The largest absolute Gasteiger partial charge is 0.352 e. The third kappa shape index (κ3) is 3.57. The number of para-hydroxylation sites is 1. The molecule has 2 aromatic rings. The van der Waals surface area contributed by atoms with Crippen molar-refractivity contribution < 1.29 is 9.59 Å². The lowest BCUT2D eigenvalue weighted by molar-refractivity contribution is 0.0985. The van der Waals surface area contributed by atoms with Gasteiger partial charge < -0.3 is 16.0 Å². The van der Waals surface area contributed by atoms with E-state index in [-0.39, 0.29) is 11.3 Å². The first-order valence-electron chi connectivity index (χ1n) is 8.80. The van der Waals surface area contributed by atoms with Crippen molar-refractivity contribution in [2.75, 3.05) is 11.4 Å². The molecular weight excluding hydrogens is 326 g/mol. The number of anilines is 1. The molecule has 5 nitrogen and oxygen atoms in total. The Bertz CT molecular complexity index is 822. The van der Waals surface area contributed by atoms with Crippen molar-refractivity contribution in [1.82, 2.24) is 5.32 Å². The molecule has 0 saturated heterocycles. The number of nitrogens with two attached hydrogens (primary N) is 1. The van der Waals surface area contributed by atoms with Crippen LogP contribution in [-0.2, 0) is 6.54 Å². The fourth-order valence-electron chi connectivity index (χ4n) is 3.45. The molecule has 0 aliphatic carbocycles. The SMILES string of the molecule is CC(C)(C)C1CN(C(=O)c2ccc(CNC(N)=O)cc2)c2ccccc21. The summed E-state index contributed by atoms with van der Waals surface area (Å²) < 4.78 is 0. The van der Waals surface area contributed by atoms with E-state index in [1.165, 1.54) is 5.56 Å². The average molecular weight is 351 g/mol. The summed E-state index contributed by atoms with van der Waals surface area (Å²) in [5.74, 6) is 0.306. The molecular formula is C21H25N3O2. The van der Waals surface area contributed by atoms with E-state index >= 15 is 0 Å². The van der Waals surface area contributed by atoms with Gasteiger partial charge >= 0.3 is 6.03 Å². The topological polar surface area (TPSA) is 75.4 Å². The van der Waals surface area contributed by atoms with Crippen LogP contribution in [0, 0.1) is 5.41 Å². The van der Waals surface area contributed by atoms with Crippen LogP contribution in [0.25, 0.3) is 0 Å². The number of nitrogens with zero attached hydrogens (tertiary/aromatic N) is 1. The first kappa shape index (κ1) is 18.0. The minimum absolute atomic E-state index is 0.00129. The summed E-state index contributed by atoms with van der Waals surface area (Å²) in [5.41, 5.74) is 8.93. The smallest absolute Gasteiger partial charge is 0.312 e. The van der Waals surface area contributed by atoms with Gasteiger partial charge in [0.25, 0.3) is 5.91 Å². The normalized spacial score (nSPS) is 16.3. The van der Waals surface area contributed by atoms with Gasteiger partial charge in [-0.1, -0.05) is 51.1 Å². The number of carbonyl (C=O) groups excluding carboxylic acids is 2. The monoisotopic (exact) mass is 351 g/mol. The van der Waals surface area contributed by atoms with Crippen molar-refractivity contribution in [3.8, 4) is 0 Å². The first-order chi connectivity index (χ1) is 12.3. The second kappa shape index (κ2) is 6.83. The molecule has 1 aliphatic heterocycles. The van der Waals surface area contributed by atoms with Crippen molar-refractivity contribution in [2.24, 2.45) is 11.1 Å². The molecule has 0 aromatic heterocycles. The van der Waals surface area contributed by atoms with Crippen LogP contribution in [-0.4, -0.2) is 18.5 Å². The maximum absolute atomic E-state index is 13.1. The third-order valence-corrected chi connectivity index (χ3v) is 4.93. The van der Waals surface area contributed by atoms with Crippen LogP contribution in [0.4, 0.5) is 10.5 Å². The Morgan fingerprint density at radius 2 is 1.77 bits per heavy atom. The molecule has 0 spiro atoms. The number of carbonyl (C=O) groups is 2. The molecule has 0 fully saturated rings. The predicted octanol–water partition coefficient (Wildman–Crippen LogP) is 3.65. The zero-order chi connectivity index (χ0) is 18.9. The Morgan fingerprint density at radius 1 is 1.12 bits per heavy atom. The fraction of sp³-hybridized carbons (Fsp3) is 0.333. The Kier molecular flexibility index (Phi) is 4.72. The lowest BCUT2D eigenvalue weighted by Crippen LogP contribution is -2.32. The standard InChI is InChI=1S/C21H25N3O2/c1-21(2,3)17-13-24(18-7-5-4-6-16(17)18)19(25)15-10-8-14(9-11-15)12-23-20(22)26/h4-11,17H,12-13H2,1-3H3,(H3,22,23,26). The Balaban J connectivity index is 1.83. The highest BCUT2D eigenvalue weighted by atomic mass is 16.2. The van der Waals surface area contributed by atoms with E-state index < -0.39 is 6.03 Å². The average Bonchev–Trinajstić information content (AvgIpc) is 3.00.